The first-order chi connectivity index (χ1) is 5.09. The van der Waals surface area contributed by atoms with E-state index in [0.717, 1.165) is 12.8 Å². The van der Waals surface area contributed by atoms with Crippen LogP contribution in [-0.2, 0) is 4.79 Å². The van der Waals surface area contributed by atoms with Crippen molar-refractivity contribution in [3.05, 3.63) is 0 Å². The summed E-state index contributed by atoms with van der Waals surface area (Å²) in [5.41, 5.74) is 0. The van der Waals surface area contributed by atoms with E-state index >= 15 is 0 Å². The van der Waals surface area contributed by atoms with Crippen molar-refractivity contribution in [3.8, 4) is 0 Å². The average molecular weight is 154 g/mol. The van der Waals surface area contributed by atoms with Crippen molar-refractivity contribution in [1.82, 2.24) is 0 Å². The summed E-state index contributed by atoms with van der Waals surface area (Å²) < 4.78 is 0. The minimum Gasteiger partial charge on any atom is -0.300 e. The molecule has 1 heteroatoms. The van der Waals surface area contributed by atoms with Crippen molar-refractivity contribution in [3.63, 3.8) is 0 Å². The lowest BCUT2D eigenvalue weighted by atomic mass is 9.76. The highest BCUT2D eigenvalue weighted by Gasteiger charge is 2.26. The Balaban J connectivity index is 2.49. The van der Waals surface area contributed by atoms with Crippen molar-refractivity contribution in [2.75, 3.05) is 0 Å². The lowest BCUT2D eigenvalue weighted by molar-refractivity contribution is -0.123. The molecule has 0 aliphatic heterocycles. The highest BCUT2D eigenvalue weighted by molar-refractivity contribution is 5.79. The number of ketones is 1. The van der Waals surface area contributed by atoms with E-state index in [2.05, 4.69) is 20.8 Å². The third-order valence-corrected chi connectivity index (χ3v) is 2.71. The summed E-state index contributed by atoms with van der Waals surface area (Å²) in [6, 6.07) is 0. The molecule has 0 aromatic rings. The van der Waals surface area contributed by atoms with Crippen molar-refractivity contribution in [2.24, 2.45) is 17.8 Å². The Morgan fingerprint density at radius 3 is 2.45 bits per heavy atom. The topological polar surface area (TPSA) is 17.1 Å². The maximum atomic E-state index is 11.2. The molecule has 0 radical (unpaired) electrons. The second kappa shape index (κ2) is 3.38. The summed E-state index contributed by atoms with van der Waals surface area (Å²) in [6.07, 6.45) is 2.91. The molecule has 1 fully saturated rings. The molecule has 11 heavy (non-hydrogen) atoms. The number of carbonyl (C=O) groups excluding carboxylic acids is 1. The first kappa shape index (κ1) is 8.76. The largest absolute Gasteiger partial charge is 0.300 e. The molecule has 0 saturated heterocycles. The Bertz CT molecular complexity index is 149. The van der Waals surface area contributed by atoms with Gasteiger partial charge in [0.05, 0.1) is 0 Å². The monoisotopic (exact) mass is 154 g/mol. The van der Waals surface area contributed by atoms with Crippen LogP contribution in [0, 0.1) is 17.8 Å². The fourth-order valence-corrected chi connectivity index (χ4v) is 1.96. The minimum atomic E-state index is 0.474. The first-order valence-electron chi connectivity index (χ1n) is 4.61. The van der Waals surface area contributed by atoms with Crippen LogP contribution in [0.4, 0.5) is 0 Å². The predicted octanol–water partition coefficient (Wildman–Crippen LogP) is 2.65. The van der Waals surface area contributed by atoms with E-state index in [4.69, 9.17) is 0 Å². The maximum Gasteiger partial charge on any atom is 0.133 e. The van der Waals surface area contributed by atoms with Crippen LogP contribution in [0.3, 0.4) is 0 Å². The van der Waals surface area contributed by atoms with Gasteiger partial charge < -0.3 is 0 Å². The SMILES string of the molecule is CC(C)[C@@H]1CC(=O)C[C@H](C)C1. The third-order valence-electron chi connectivity index (χ3n) is 2.71. The Hall–Kier alpha value is -0.330. The Labute approximate surface area is 69.2 Å². The van der Waals surface area contributed by atoms with E-state index in [0.29, 0.717) is 23.5 Å². The maximum absolute atomic E-state index is 11.2. The van der Waals surface area contributed by atoms with Crippen LogP contribution >= 0.6 is 0 Å². The molecule has 1 saturated carbocycles. The summed E-state index contributed by atoms with van der Waals surface area (Å²) in [5, 5.41) is 0. The smallest absolute Gasteiger partial charge is 0.133 e. The van der Waals surface area contributed by atoms with Gasteiger partial charge in [-0.15, -0.1) is 0 Å². The zero-order valence-electron chi connectivity index (χ0n) is 7.76. The highest BCUT2D eigenvalue weighted by atomic mass is 16.1. The molecule has 0 spiro atoms. The normalized spacial score (nSPS) is 32.9. The van der Waals surface area contributed by atoms with E-state index < -0.39 is 0 Å². The predicted molar refractivity (Wildman–Crippen MR) is 46.4 cm³/mol. The molecule has 1 aliphatic carbocycles. The molecule has 0 aromatic heterocycles. The molecule has 1 aliphatic rings. The molecule has 0 bridgehead atoms. The molecular formula is C10H18O. The van der Waals surface area contributed by atoms with Gasteiger partial charge in [-0.05, 0) is 24.2 Å². The van der Waals surface area contributed by atoms with Gasteiger partial charge in [-0.2, -0.15) is 0 Å². The summed E-state index contributed by atoms with van der Waals surface area (Å²) in [4.78, 5) is 11.2. The van der Waals surface area contributed by atoms with Crippen LogP contribution in [0.15, 0.2) is 0 Å². The molecule has 0 N–H and O–H groups in total. The van der Waals surface area contributed by atoms with Gasteiger partial charge in [-0.3, -0.25) is 4.79 Å². The summed E-state index contributed by atoms with van der Waals surface area (Å²) in [5.74, 6) is 2.44. The molecule has 64 valence electrons. The van der Waals surface area contributed by atoms with E-state index in [-0.39, 0.29) is 0 Å². The van der Waals surface area contributed by atoms with Gasteiger partial charge in [0, 0.05) is 12.8 Å². The lowest BCUT2D eigenvalue weighted by Gasteiger charge is -2.28. The van der Waals surface area contributed by atoms with Gasteiger partial charge in [0.15, 0.2) is 0 Å². The minimum absolute atomic E-state index is 0.474. The number of carbonyl (C=O) groups is 1. The molecule has 0 aromatic carbocycles. The van der Waals surface area contributed by atoms with Crippen molar-refractivity contribution >= 4 is 5.78 Å². The van der Waals surface area contributed by atoms with E-state index in [1.54, 1.807) is 0 Å². The zero-order chi connectivity index (χ0) is 8.43. The average Bonchev–Trinajstić information content (AvgIpc) is 1.85. The number of rotatable bonds is 1. The summed E-state index contributed by atoms with van der Waals surface area (Å²) in [6.45, 7) is 6.62. The molecule has 0 heterocycles. The quantitative estimate of drug-likeness (QED) is 0.567. The Morgan fingerprint density at radius 1 is 1.36 bits per heavy atom. The molecule has 2 atom stereocenters. The van der Waals surface area contributed by atoms with Crippen molar-refractivity contribution < 1.29 is 4.79 Å². The first-order valence-corrected chi connectivity index (χ1v) is 4.61. The second-order valence-corrected chi connectivity index (χ2v) is 4.29. The van der Waals surface area contributed by atoms with Gasteiger partial charge in [0.25, 0.3) is 0 Å². The van der Waals surface area contributed by atoms with Gasteiger partial charge in [0.1, 0.15) is 5.78 Å². The molecule has 0 amide bonds. The van der Waals surface area contributed by atoms with Crippen LogP contribution in [0.2, 0.25) is 0 Å². The molecular weight excluding hydrogens is 136 g/mol. The van der Waals surface area contributed by atoms with Crippen LogP contribution < -0.4 is 0 Å². The fourth-order valence-electron chi connectivity index (χ4n) is 1.96. The Morgan fingerprint density at radius 2 is 2.00 bits per heavy atom. The fraction of sp³-hybridized carbons (Fsp3) is 0.900. The standard InChI is InChI=1S/C10H18O/c1-7(2)9-4-8(3)5-10(11)6-9/h7-9H,4-6H2,1-3H3/t8-,9+/m1/s1. The van der Waals surface area contributed by atoms with E-state index in [1.165, 1.54) is 6.42 Å². The molecule has 1 rings (SSSR count). The van der Waals surface area contributed by atoms with Crippen LogP contribution in [0.25, 0.3) is 0 Å². The van der Waals surface area contributed by atoms with Crippen LogP contribution in [-0.4, -0.2) is 5.78 Å². The van der Waals surface area contributed by atoms with Gasteiger partial charge in [-0.1, -0.05) is 20.8 Å². The van der Waals surface area contributed by atoms with Gasteiger partial charge in [0.2, 0.25) is 0 Å². The molecule has 0 unspecified atom stereocenters. The number of Topliss-reactive ketones (excluding diaryl/α,β-unsaturated/α-hetero) is 1. The Kier molecular flexibility index (Phi) is 2.69. The van der Waals surface area contributed by atoms with Crippen molar-refractivity contribution in [2.45, 2.75) is 40.0 Å². The molecule has 1 nitrogen and oxygen atoms in total. The van der Waals surface area contributed by atoms with Gasteiger partial charge in [-0.25, -0.2) is 0 Å². The number of hydrogen-bond donors (Lipinski definition) is 0. The van der Waals surface area contributed by atoms with Crippen LogP contribution in [0.5, 0.6) is 0 Å². The van der Waals surface area contributed by atoms with Crippen LogP contribution in [0.1, 0.15) is 40.0 Å². The van der Waals surface area contributed by atoms with Gasteiger partial charge >= 0.3 is 0 Å². The summed E-state index contributed by atoms with van der Waals surface area (Å²) >= 11 is 0. The second-order valence-electron chi connectivity index (χ2n) is 4.29. The zero-order valence-corrected chi connectivity index (χ0v) is 7.76. The van der Waals surface area contributed by atoms with E-state index in [1.807, 2.05) is 0 Å². The van der Waals surface area contributed by atoms with E-state index in [9.17, 15) is 4.79 Å². The van der Waals surface area contributed by atoms with Crippen molar-refractivity contribution in [1.29, 1.82) is 0 Å². The highest BCUT2D eigenvalue weighted by Crippen LogP contribution is 2.31. The number of hydrogen-bond acceptors (Lipinski definition) is 1. The summed E-state index contributed by atoms with van der Waals surface area (Å²) in [7, 11) is 0. The lowest BCUT2D eigenvalue weighted by Crippen LogP contribution is -2.24. The third kappa shape index (κ3) is 2.32.